The smallest absolute Gasteiger partial charge is 0.156 e. The van der Waals surface area contributed by atoms with Gasteiger partial charge in [0.15, 0.2) is 5.17 Å². The number of benzene rings is 1. The average molecular weight is 260 g/mol. The summed E-state index contributed by atoms with van der Waals surface area (Å²) in [6.07, 6.45) is 1.24. The van der Waals surface area contributed by atoms with Crippen LogP contribution in [-0.2, 0) is 0 Å². The van der Waals surface area contributed by atoms with Gasteiger partial charge in [-0.3, -0.25) is 4.99 Å². The van der Waals surface area contributed by atoms with Crippen LogP contribution in [0.5, 0.6) is 0 Å². The van der Waals surface area contributed by atoms with Crippen molar-refractivity contribution in [1.82, 2.24) is 5.32 Å². The minimum atomic E-state index is 0.359. The van der Waals surface area contributed by atoms with E-state index in [1.54, 1.807) is 0 Å². The monoisotopic (exact) mass is 260 g/mol. The molecule has 1 aromatic rings. The lowest BCUT2D eigenvalue weighted by Crippen LogP contribution is -2.32. The summed E-state index contributed by atoms with van der Waals surface area (Å²) in [4.78, 5) is 4.66. The lowest BCUT2D eigenvalue weighted by atomic mass is 9.97. The van der Waals surface area contributed by atoms with Gasteiger partial charge in [-0.2, -0.15) is 0 Å². The van der Waals surface area contributed by atoms with Crippen LogP contribution in [0.4, 0.5) is 0 Å². The Morgan fingerprint density at radius 3 is 2.72 bits per heavy atom. The van der Waals surface area contributed by atoms with Crippen molar-refractivity contribution in [3.05, 3.63) is 35.9 Å². The summed E-state index contributed by atoms with van der Waals surface area (Å²) in [7, 11) is 0. The van der Waals surface area contributed by atoms with Crippen molar-refractivity contribution in [2.45, 2.75) is 32.2 Å². The van der Waals surface area contributed by atoms with Gasteiger partial charge in [0.25, 0.3) is 0 Å². The summed E-state index contributed by atoms with van der Waals surface area (Å²) in [6, 6.07) is 11.4. The van der Waals surface area contributed by atoms with Gasteiger partial charge in [-0.1, -0.05) is 55.9 Å². The van der Waals surface area contributed by atoms with E-state index in [2.05, 4.69) is 54.5 Å². The third kappa shape index (κ3) is 2.72. The Balaban J connectivity index is 1.56. The molecule has 3 rings (SSSR count). The van der Waals surface area contributed by atoms with Crippen molar-refractivity contribution in [2.24, 2.45) is 10.4 Å². The minimum Gasteiger partial charge on any atom is -0.362 e. The number of hydrogen-bond acceptors (Lipinski definition) is 3. The molecular weight excluding hydrogens is 240 g/mol. The van der Waals surface area contributed by atoms with E-state index in [9.17, 15) is 0 Å². The molecule has 1 aromatic carbocycles. The third-order valence-corrected chi connectivity index (χ3v) is 5.02. The first kappa shape index (κ1) is 12.1. The molecule has 0 amide bonds. The summed E-state index contributed by atoms with van der Waals surface area (Å²) < 4.78 is 0. The fourth-order valence-electron chi connectivity index (χ4n) is 2.31. The van der Waals surface area contributed by atoms with E-state index in [0.29, 0.717) is 17.4 Å². The maximum Gasteiger partial charge on any atom is 0.156 e. The summed E-state index contributed by atoms with van der Waals surface area (Å²) in [5.74, 6) is 1.85. The molecule has 1 aliphatic heterocycles. The Hall–Kier alpha value is -0.960. The van der Waals surface area contributed by atoms with Crippen LogP contribution in [0.15, 0.2) is 35.3 Å². The van der Waals surface area contributed by atoms with Gasteiger partial charge in [0, 0.05) is 24.3 Å². The van der Waals surface area contributed by atoms with Gasteiger partial charge < -0.3 is 5.32 Å². The van der Waals surface area contributed by atoms with Crippen molar-refractivity contribution in [3.8, 4) is 0 Å². The van der Waals surface area contributed by atoms with Gasteiger partial charge in [-0.25, -0.2) is 0 Å². The van der Waals surface area contributed by atoms with E-state index in [-0.39, 0.29) is 0 Å². The number of nitrogens with zero attached hydrogens (tertiary/aromatic N) is 1. The van der Waals surface area contributed by atoms with Gasteiger partial charge in [-0.05, 0) is 17.4 Å². The number of amidine groups is 1. The Morgan fingerprint density at radius 1 is 1.28 bits per heavy atom. The third-order valence-electron chi connectivity index (χ3n) is 3.58. The summed E-state index contributed by atoms with van der Waals surface area (Å²) in [5.41, 5.74) is 1.81. The van der Waals surface area contributed by atoms with Crippen LogP contribution in [0.2, 0.25) is 0 Å². The number of hydrogen-bond donors (Lipinski definition) is 1. The topological polar surface area (TPSA) is 24.4 Å². The molecule has 1 N–H and O–H groups in total. The summed E-state index contributed by atoms with van der Waals surface area (Å²) >= 11 is 1.87. The van der Waals surface area contributed by atoms with Crippen LogP contribution < -0.4 is 5.32 Å². The van der Waals surface area contributed by atoms with E-state index >= 15 is 0 Å². The Bertz CT molecular complexity index is 453. The highest BCUT2D eigenvalue weighted by Crippen LogP contribution is 2.41. The molecule has 1 saturated carbocycles. The molecule has 1 fully saturated rings. The molecule has 0 spiro atoms. The molecule has 1 heterocycles. The van der Waals surface area contributed by atoms with Crippen molar-refractivity contribution < 1.29 is 0 Å². The molecule has 2 nitrogen and oxygen atoms in total. The summed E-state index contributed by atoms with van der Waals surface area (Å²) in [6.45, 7) is 5.51. The Labute approximate surface area is 113 Å². The van der Waals surface area contributed by atoms with Crippen molar-refractivity contribution in [3.63, 3.8) is 0 Å². The fourth-order valence-corrected chi connectivity index (χ4v) is 3.32. The van der Waals surface area contributed by atoms with Gasteiger partial charge in [0.1, 0.15) is 0 Å². The average Bonchev–Trinajstić information content (AvgIpc) is 3.12. The lowest BCUT2D eigenvalue weighted by Gasteiger charge is -2.27. The first-order valence-corrected chi connectivity index (χ1v) is 7.61. The zero-order valence-corrected chi connectivity index (χ0v) is 11.8. The van der Waals surface area contributed by atoms with E-state index in [1.165, 1.54) is 17.7 Å². The van der Waals surface area contributed by atoms with Crippen molar-refractivity contribution in [2.75, 3.05) is 12.3 Å². The van der Waals surface area contributed by atoms with Crippen molar-refractivity contribution in [1.29, 1.82) is 0 Å². The quantitative estimate of drug-likeness (QED) is 0.882. The number of nitrogens with one attached hydrogen (secondary N) is 1. The van der Waals surface area contributed by atoms with Crippen LogP contribution in [0.1, 0.15) is 31.7 Å². The van der Waals surface area contributed by atoms with Gasteiger partial charge in [-0.15, -0.1) is 0 Å². The van der Waals surface area contributed by atoms with Crippen LogP contribution in [0.3, 0.4) is 0 Å². The highest BCUT2D eigenvalue weighted by molar-refractivity contribution is 8.13. The predicted molar refractivity (Wildman–Crippen MR) is 79.3 cm³/mol. The second kappa shape index (κ2) is 4.61. The molecule has 1 aliphatic carbocycles. The molecule has 0 bridgehead atoms. The SMILES string of the molecule is CC1(C)CN=C(NC2CC2c2ccccc2)SC1. The lowest BCUT2D eigenvalue weighted by molar-refractivity contribution is 0.436. The van der Waals surface area contributed by atoms with Crippen LogP contribution in [0.25, 0.3) is 0 Å². The molecule has 2 atom stereocenters. The second-order valence-corrected chi connectivity index (χ2v) is 7.04. The van der Waals surface area contributed by atoms with Crippen LogP contribution in [-0.4, -0.2) is 23.5 Å². The molecule has 2 unspecified atom stereocenters. The highest BCUT2D eigenvalue weighted by atomic mass is 32.2. The van der Waals surface area contributed by atoms with Gasteiger partial charge >= 0.3 is 0 Å². The molecule has 0 saturated heterocycles. The van der Waals surface area contributed by atoms with E-state index in [4.69, 9.17) is 0 Å². The fraction of sp³-hybridized carbons (Fsp3) is 0.533. The molecule has 2 aliphatic rings. The Morgan fingerprint density at radius 2 is 2.06 bits per heavy atom. The number of aliphatic imine (C=N–C) groups is 1. The van der Waals surface area contributed by atoms with E-state index in [0.717, 1.165) is 11.7 Å². The van der Waals surface area contributed by atoms with Gasteiger partial charge in [0.2, 0.25) is 0 Å². The predicted octanol–water partition coefficient (Wildman–Crippen LogP) is 3.26. The first-order valence-electron chi connectivity index (χ1n) is 6.63. The van der Waals surface area contributed by atoms with E-state index < -0.39 is 0 Å². The molecule has 3 heteroatoms. The number of rotatable bonds is 2. The van der Waals surface area contributed by atoms with E-state index in [1.807, 2.05) is 11.8 Å². The molecule has 0 radical (unpaired) electrons. The largest absolute Gasteiger partial charge is 0.362 e. The molecule has 96 valence electrons. The highest BCUT2D eigenvalue weighted by Gasteiger charge is 2.39. The first-order chi connectivity index (χ1) is 8.64. The van der Waals surface area contributed by atoms with Gasteiger partial charge in [0.05, 0.1) is 0 Å². The minimum absolute atomic E-state index is 0.359. The second-order valence-electron chi connectivity index (χ2n) is 6.08. The van der Waals surface area contributed by atoms with Crippen molar-refractivity contribution >= 4 is 16.9 Å². The zero-order valence-electron chi connectivity index (χ0n) is 11.0. The normalized spacial score (nSPS) is 29.6. The molecule has 0 aromatic heterocycles. The Kier molecular flexibility index (Phi) is 3.10. The maximum absolute atomic E-state index is 4.66. The standard InChI is InChI=1S/C15H20N2S/c1-15(2)9-16-14(18-10-15)17-13-8-12(13)11-6-4-3-5-7-11/h3-7,12-13H,8-10H2,1-2H3,(H,16,17). The maximum atomic E-state index is 4.66. The van der Waals surface area contributed by atoms with Crippen LogP contribution >= 0.6 is 11.8 Å². The zero-order chi connectivity index (χ0) is 12.6. The molecule has 18 heavy (non-hydrogen) atoms. The van der Waals surface area contributed by atoms with Crippen LogP contribution in [0, 0.1) is 5.41 Å². The summed E-state index contributed by atoms with van der Waals surface area (Å²) in [5, 5.41) is 4.74. The molecular formula is C15H20N2S. The number of thioether (sulfide) groups is 1.